The number of hydrogen-bond acceptors (Lipinski definition) is 2. The van der Waals surface area contributed by atoms with Gasteiger partial charge in [-0.15, -0.1) is 11.6 Å². The van der Waals surface area contributed by atoms with Gasteiger partial charge in [-0.25, -0.2) is 4.79 Å². The molecule has 0 saturated heterocycles. The molecule has 0 unspecified atom stereocenters. The molecule has 0 aromatic heterocycles. The van der Waals surface area contributed by atoms with E-state index in [0.717, 1.165) is 10.8 Å². The lowest BCUT2D eigenvalue weighted by Crippen LogP contribution is -2.15. The fourth-order valence-electron chi connectivity index (χ4n) is 2.43. The van der Waals surface area contributed by atoms with Gasteiger partial charge in [0, 0.05) is 0 Å². The van der Waals surface area contributed by atoms with Crippen LogP contribution < -0.4 is 4.74 Å². The van der Waals surface area contributed by atoms with Crippen LogP contribution in [0.5, 0.6) is 5.75 Å². The molecule has 0 aliphatic carbocycles. The third-order valence-electron chi connectivity index (χ3n) is 3.68. The lowest BCUT2D eigenvalue weighted by molar-refractivity contribution is -0.134. The highest BCUT2D eigenvalue weighted by Gasteiger charge is 2.27. The molecule has 1 atom stereocenters. The molecule has 0 aliphatic rings. The van der Waals surface area contributed by atoms with Crippen molar-refractivity contribution >= 4 is 86.3 Å². The average molecular weight is 469 g/mol. The molecular formula is C18H8Cl6O2. The normalized spacial score (nSPS) is 12.2. The number of hydrogen-bond donors (Lipinski definition) is 0. The van der Waals surface area contributed by atoms with Crippen molar-refractivity contribution in [2.24, 2.45) is 0 Å². The van der Waals surface area contributed by atoms with E-state index in [0.29, 0.717) is 5.56 Å². The van der Waals surface area contributed by atoms with Gasteiger partial charge in [-0.2, -0.15) is 0 Å². The Hall–Kier alpha value is -0.870. The second-order valence-electron chi connectivity index (χ2n) is 5.25. The number of fused-ring (bicyclic) bond motifs is 1. The van der Waals surface area contributed by atoms with Crippen molar-refractivity contribution in [3.8, 4) is 5.75 Å². The van der Waals surface area contributed by atoms with Gasteiger partial charge < -0.3 is 4.74 Å². The third-order valence-corrected chi connectivity index (χ3v) is 6.33. The quantitative estimate of drug-likeness (QED) is 0.128. The Morgan fingerprint density at radius 3 is 1.96 bits per heavy atom. The predicted molar refractivity (Wildman–Crippen MR) is 110 cm³/mol. The Morgan fingerprint density at radius 2 is 1.31 bits per heavy atom. The number of carbonyl (C=O) groups excluding carboxylic acids is 1. The molecule has 0 radical (unpaired) electrons. The number of ether oxygens (including phenoxy) is 1. The summed E-state index contributed by atoms with van der Waals surface area (Å²) in [6.07, 6.45) is 0. The van der Waals surface area contributed by atoms with Crippen LogP contribution in [0.1, 0.15) is 10.9 Å². The zero-order chi connectivity index (χ0) is 19.0. The van der Waals surface area contributed by atoms with Crippen molar-refractivity contribution in [1.29, 1.82) is 0 Å². The molecule has 8 heteroatoms. The molecule has 26 heavy (non-hydrogen) atoms. The minimum absolute atomic E-state index is 0.0281. The zero-order valence-corrected chi connectivity index (χ0v) is 17.2. The summed E-state index contributed by atoms with van der Waals surface area (Å²) >= 11 is 36.4. The van der Waals surface area contributed by atoms with E-state index >= 15 is 0 Å². The lowest BCUT2D eigenvalue weighted by atomic mass is 10.0. The number of esters is 1. The molecule has 0 heterocycles. The molecular weight excluding hydrogens is 461 g/mol. The van der Waals surface area contributed by atoms with Gasteiger partial charge in [0.1, 0.15) is 10.0 Å². The number of benzene rings is 3. The Kier molecular flexibility index (Phi) is 6.13. The first-order valence-electron chi connectivity index (χ1n) is 7.17. The van der Waals surface area contributed by atoms with Gasteiger partial charge in [0.25, 0.3) is 0 Å². The summed E-state index contributed by atoms with van der Waals surface area (Å²) in [6.45, 7) is 0. The van der Waals surface area contributed by atoms with Crippen LogP contribution in [0.2, 0.25) is 25.1 Å². The molecule has 0 bridgehead atoms. The van der Waals surface area contributed by atoms with Crippen LogP contribution in [-0.2, 0) is 4.79 Å². The largest absolute Gasteiger partial charge is 0.422 e. The zero-order valence-electron chi connectivity index (χ0n) is 12.7. The Morgan fingerprint density at radius 1 is 0.769 bits per heavy atom. The summed E-state index contributed by atoms with van der Waals surface area (Å²) in [5.41, 5.74) is 0.591. The van der Waals surface area contributed by atoms with Crippen LogP contribution in [0.3, 0.4) is 0 Å². The minimum Gasteiger partial charge on any atom is -0.422 e. The molecule has 3 rings (SSSR count). The van der Waals surface area contributed by atoms with Crippen molar-refractivity contribution < 1.29 is 9.53 Å². The maximum atomic E-state index is 12.6. The van der Waals surface area contributed by atoms with Gasteiger partial charge in [-0.1, -0.05) is 100 Å². The molecule has 0 amide bonds. The van der Waals surface area contributed by atoms with Crippen molar-refractivity contribution in [3.05, 3.63) is 73.1 Å². The summed E-state index contributed by atoms with van der Waals surface area (Å²) in [5.74, 6) is -0.968. The van der Waals surface area contributed by atoms with Crippen molar-refractivity contribution in [2.45, 2.75) is 5.38 Å². The van der Waals surface area contributed by atoms with Crippen molar-refractivity contribution in [2.75, 3.05) is 0 Å². The number of carbonyl (C=O) groups is 1. The molecule has 134 valence electrons. The van der Waals surface area contributed by atoms with E-state index in [1.54, 1.807) is 12.1 Å². The third kappa shape index (κ3) is 3.60. The van der Waals surface area contributed by atoms with Crippen LogP contribution in [0.25, 0.3) is 10.8 Å². The first-order valence-corrected chi connectivity index (χ1v) is 9.50. The maximum absolute atomic E-state index is 12.6. The van der Waals surface area contributed by atoms with E-state index in [9.17, 15) is 4.79 Å². The molecule has 0 fully saturated rings. The van der Waals surface area contributed by atoms with Gasteiger partial charge >= 0.3 is 5.97 Å². The van der Waals surface area contributed by atoms with Gasteiger partial charge in [0.2, 0.25) is 0 Å². The second kappa shape index (κ2) is 8.02. The van der Waals surface area contributed by atoms with Crippen LogP contribution >= 0.6 is 69.6 Å². The number of rotatable bonds is 3. The van der Waals surface area contributed by atoms with Gasteiger partial charge in [-0.05, 0) is 16.3 Å². The van der Waals surface area contributed by atoms with Gasteiger partial charge in [-0.3, -0.25) is 0 Å². The summed E-state index contributed by atoms with van der Waals surface area (Å²) in [6, 6.07) is 13.0. The minimum atomic E-state index is -1.10. The molecule has 3 aromatic rings. The molecule has 0 N–H and O–H groups in total. The first-order chi connectivity index (χ1) is 12.3. The fourth-order valence-corrected chi connectivity index (χ4v) is 3.86. The predicted octanol–water partition coefficient (Wildman–Crippen LogP) is 7.99. The van der Waals surface area contributed by atoms with E-state index in [1.807, 2.05) is 30.3 Å². The summed E-state index contributed by atoms with van der Waals surface area (Å²) in [5, 5.41) is 0.264. The van der Waals surface area contributed by atoms with Crippen LogP contribution in [0.15, 0.2) is 42.5 Å². The van der Waals surface area contributed by atoms with E-state index in [1.165, 1.54) is 0 Å². The maximum Gasteiger partial charge on any atom is 0.334 e. The topological polar surface area (TPSA) is 26.3 Å². The summed E-state index contributed by atoms with van der Waals surface area (Å²) < 4.78 is 5.30. The highest BCUT2D eigenvalue weighted by Crippen LogP contribution is 2.48. The first kappa shape index (κ1) is 19.9. The van der Waals surface area contributed by atoms with Crippen LogP contribution in [-0.4, -0.2) is 5.97 Å². The Labute approximate surface area is 179 Å². The number of alkyl halides is 1. The fraction of sp³-hybridized carbons (Fsp3) is 0.0556. The highest BCUT2D eigenvalue weighted by atomic mass is 35.5. The average Bonchev–Trinajstić information content (AvgIpc) is 2.67. The van der Waals surface area contributed by atoms with Crippen LogP contribution in [0.4, 0.5) is 0 Å². The molecule has 0 aliphatic heterocycles. The van der Waals surface area contributed by atoms with Crippen molar-refractivity contribution in [3.63, 3.8) is 0 Å². The highest BCUT2D eigenvalue weighted by molar-refractivity contribution is 6.55. The van der Waals surface area contributed by atoms with Gasteiger partial charge in [0.05, 0.1) is 15.1 Å². The second-order valence-corrected chi connectivity index (χ2v) is 7.58. The number of halogens is 6. The van der Waals surface area contributed by atoms with E-state index in [4.69, 9.17) is 74.3 Å². The standard InChI is InChI=1S/C18H8Cl6O2/c19-11(10-7-3-5-8-4-1-2-6-9(8)10)18(25)26-17-15(23)13(21)12(20)14(22)16(17)24/h1-7,11H/t11-/m0/s1. The Bertz CT molecular complexity index is 984. The van der Waals surface area contributed by atoms with Crippen LogP contribution in [0, 0.1) is 0 Å². The molecule has 0 saturated carbocycles. The van der Waals surface area contributed by atoms with Crippen molar-refractivity contribution in [1.82, 2.24) is 0 Å². The monoisotopic (exact) mass is 466 g/mol. The lowest BCUT2D eigenvalue weighted by Gasteiger charge is -2.15. The Balaban J connectivity index is 1.98. The van der Waals surface area contributed by atoms with E-state index < -0.39 is 11.3 Å². The summed E-state index contributed by atoms with van der Waals surface area (Å²) in [4.78, 5) is 12.6. The van der Waals surface area contributed by atoms with E-state index in [-0.39, 0.29) is 30.9 Å². The summed E-state index contributed by atoms with van der Waals surface area (Å²) in [7, 11) is 0. The molecule has 0 spiro atoms. The molecule has 3 aromatic carbocycles. The van der Waals surface area contributed by atoms with E-state index in [2.05, 4.69) is 0 Å². The van der Waals surface area contributed by atoms with Gasteiger partial charge in [0.15, 0.2) is 11.1 Å². The smallest absolute Gasteiger partial charge is 0.334 e. The molecule has 2 nitrogen and oxygen atoms in total. The SMILES string of the molecule is O=C(Oc1c(Cl)c(Cl)c(Cl)c(Cl)c1Cl)[C@@H](Cl)c1cccc2ccccc12.